The van der Waals surface area contributed by atoms with Crippen molar-refractivity contribution in [2.75, 3.05) is 0 Å². The van der Waals surface area contributed by atoms with Crippen LogP contribution in [0, 0.1) is 6.92 Å². The molecule has 0 saturated heterocycles. The zero-order valence-corrected chi connectivity index (χ0v) is 8.19. The first-order valence-corrected chi connectivity index (χ1v) is 4.49. The maximum absolute atomic E-state index is 3.70. The fraction of sp³-hybridized carbons (Fsp3) is 0.154. The highest BCUT2D eigenvalue weighted by molar-refractivity contribution is 5.17. The zero-order valence-electron chi connectivity index (χ0n) is 8.19. The van der Waals surface area contributed by atoms with Crippen molar-refractivity contribution in [1.82, 2.24) is 0 Å². The largest absolute Gasteiger partial charge is 0.0877 e. The first kappa shape index (κ1) is 11.7. The van der Waals surface area contributed by atoms with Crippen LogP contribution in [0.1, 0.15) is 13.3 Å². The topological polar surface area (TPSA) is 0 Å². The van der Waals surface area contributed by atoms with Crippen LogP contribution in [0.5, 0.6) is 0 Å². The molecule has 0 nitrogen and oxygen atoms in total. The Hall–Kier alpha value is -1.30. The third kappa shape index (κ3) is 10.7. The smallest absolute Gasteiger partial charge is 0.0347 e. The number of rotatable bonds is 5. The van der Waals surface area contributed by atoms with Gasteiger partial charge in [-0.3, -0.25) is 0 Å². The molecule has 0 heteroatoms. The molecule has 0 saturated carbocycles. The van der Waals surface area contributed by atoms with Gasteiger partial charge in [-0.15, -0.1) is 0 Å². The van der Waals surface area contributed by atoms with Gasteiger partial charge < -0.3 is 0 Å². The lowest BCUT2D eigenvalue weighted by Crippen LogP contribution is -1.53. The summed E-state index contributed by atoms with van der Waals surface area (Å²) in [6.07, 6.45) is 20.8. The van der Waals surface area contributed by atoms with Gasteiger partial charge in [0.05, 0.1) is 0 Å². The summed E-state index contributed by atoms with van der Waals surface area (Å²) in [5.74, 6) is 0. The van der Waals surface area contributed by atoms with E-state index >= 15 is 0 Å². The van der Waals surface area contributed by atoms with E-state index in [1.807, 2.05) is 67.7 Å². The lowest BCUT2D eigenvalue weighted by molar-refractivity contribution is 1.40. The van der Waals surface area contributed by atoms with Crippen LogP contribution in [0.15, 0.2) is 60.8 Å². The van der Waals surface area contributed by atoms with Crippen LogP contribution in [0.2, 0.25) is 0 Å². The summed E-state index contributed by atoms with van der Waals surface area (Å²) >= 11 is 0. The third-order valence-electron chi connectivity index (χ3n) is 1.27. The molecule has 0 spiro atoms. The van der Waals surface area contributed by atoms with Gasteiger partial charge in [0.1, 0.15) is 0 Å². The van der Waals surface area contributed by atoms with Crippen LogP contribution in [-0.4, -0.2) is 0 Å². The van der Waals surface area contributed by atoms with Crippen LogP contribution in [0.4, 0.5) is 0 Å². The maximum atomic E-state index is 3.70. The number of hydrogen-bond acceptors (Lipinski definition) is 0. The second-order valence-corrected chi connectivity index (χ2v) is 2.40. The Kier molecular flexibility index (Phi) is 9.63. The van der Waals surface area contributed by atoms with Gasteiger partial charge in [0.25, 0.3) is 0 Å². The molecule has 0 atom stereocenters. The van der Waals surface area contributed by atoms with Gasteiger partial charge in [-0.1, -0.05) is 60.8 Å². The molecule has 0 aliphatic heterocycles. The van der Waals surface area contributed by atoms with E-state index in [1.54, 1.807) is 0 Å². The van der Waals surface area contributed by atoms with E-state index < -0.39 is 0 Å². The van der Waals surface area contributed by atoms with Gasteiger partial charge >= 0.3 is 0 Å². The van der Waals surface area contributed by atoms with Crippen LogP contribution >= 0.6 is 0 Å². The van der Waals surface area contributed by atoms with Crippen LogP contribution in [-0.2, 0) is 0 Å². The minimum Gasteiger partial charge on any atom is -0.0877 e. The van der Waals surface area contributed by atoms with Crippen molar-refractivity contribution < 1.29 is 0 Å². The highest BCUT2D eigenvalue weighted by atomic mass is 13.7. The van der Waals surface area contributed by atoms with E-state index in [0.29, 0.717) is 0 Å². The summed E-state index contributed by atoms with van der Waals surface area (Å²) < 4.78 is 0. The molecule has 0 aliphatic rings. The Bertz CT molecular complexity index is 224. The first-order chi connectivity index (χ1) is 6.41. The average Bonchev–Trinajstić information content (AvgIpc) is 2.16. The summed E-state index contributed by atoms with van der Waals surface area (Å²) in [6.45, 7) is 5.69. The minimum atomic E-state index is 0.843. The molecule has 0 aromatic heterocycles. The van der Waals surface area contributed by atoms with E-state index in [1.165, 1.54) is 0 Å². The van der Waals surface area contributed by atoms with E-state index in [-0.39, 0.29) is 0 Å². The summed E-state index contributed by atoms with van der Waals surface area (Å²) in [5, 5.41) is 0. The summed E-state index contributed by atoms with van der Waals surface area (Å²) in [6, 6.07) is 0. The Morgan fingerprint density at radius 2 is 1.23 bits per heavy atom. The Morgan fingerprint density at radius 3 is 1.69 bits per heavy atom. The first-order valence-electron chi connectivity index (χ1n) is 4.49. The van der Waals surface area contributed by atoms with E-state index in [2.05, 4.69) is 6.92 Å². The fourth-order valence-corrected chi connectivity index (χ4v) is 0.671. The molecule has 0 aromatic rings. The molecule has 0 aromatic carbocycles. The Balaban J connectivity index is 3.62. The quantitative estimate of drug-likeness (QED) is 0.551. The van der Waals surface area contributed by atoms with E-state index in [0.717, 1.165) is 6.42 Å². The van der Waals surface area contributed by atoms with Crippen LogP contribution in [0.3, 0.4) is 0 Å². The SMILES string of the molecule is [CH2]CC=CC=CC=CC=CC=CC. The van der Waals surface area contributed by atoms with Gasteiger partial charge in [0.15, 0.2) is 0 Å². The molecular weight excluding hydrogens is 156 g/mol. The van der Waals surface area contributed by atoms with Crippen molar-refractivity contribution in [2.24, 2.45) is 0 Å². The van der Waals surface area contributed by atoms with Gasteiger partial charge in [-0.2, -0.15) is 0 Å². The second kappa shape index (κ2) is 10.7. The van der Waals surface area contributed by atoms with E-state index in [9.17, 15) is 0 Å². The Morgan fingerprint density at radius 1 is 0.769 bits per heavy atom. The number of allylic oxidation sites excluding steroid dienone is 10. The Labute approximate surface area is 81.7 Å². The normalized spacial score (nSPS) is 13.7. The summed E-state index contributed by atoms with van der Waals surface area (Å²) in [5.41, 5.74) is 0. The van der Waals surface area contributed by atoms with Crippen molar-refractivity contribution >= 4 is 0 Å². The number of hydrogen-bond donors (Lipinski definition) is 0. The molecular formula is C13H17. The van der Waals surface area contributed by atoms with Crippen LogP contribution in [0.25, 0.3) is 0 Å². The van der Waals surface area contributed by atoms with Crippen molar-refractivity contribution in [3.05, 3.63) is 67.7 Å². The maximum Gasteiger partial charge on any atom is -0.0347 e. The predicted octanol–water partition coefficient (Wildman–Crippen LogP) is 4.01. The predicted molar refractivity (Wildman–Crippen MR) is 61.3 cm³/mol. The molecule has 13 heavy (non-hydrogen) atoms. The third-order valence-corrected chi connectivity index (χ3v) is 1.27. The second-order valence-electron chi connectivity index (χ2n) is 2.40. The van der Waals surface area contributed by atoms with Crippen molar-refractivity contribution in [1.29, 1.82) is 0 Å². The van der Waals surface area contributed by atoms with Gasteiger partial charge in [-0.05, 0) is 20.3 Å². The van der Waals surface area contributed by atoms with Gasteiger partial charge in [0.2, 0.25) is 0 Å². The molecule has 0 aliphatic carbocycles. The minimum absolute atomic E-state index is 0.843. The molecule has 0 unspecified atom stereocenters. The fourth-order valence-electron chi connectivity index (χ4n) is 0.671. The monoisotopic (exact) mass is 173 g/mol. The summed E-state index contributed by atoms with van der Waals surface area (Å²) in [4.78, 5) is 0. The standard InChI is InChI=1S/C13H17/c1-3-5-7-9-11-13-12-10-8-6-4-2/h4-13H,1,3H2,2H3. The molecule has 0 heterocycles. The summed E-state index contributed by atoms with van der Waals surface area (Å²) in [7, 11) is 0. The molecule has 1 radical (unpaired) electrons. The molecule has 0 N–H and O–H groups in total. The highest BCUT2D eigenvalue weighted by Gasteiger charge is 1.63. The lowest BCUT2D eigenvalue weighted by Gasteiger charge is -1.74. The van der Waals surface area contributed by atoms with Crippen molar-refractivity contribution in [2.45, 2.75) is 13.3 Å². The van der Waals surface area contributed by atoms with Gasteiger partial charge in [-0.25, -0.2) is 0 Å². The van der Waals surface area contributed by atoms with Crippen molar-refractivity contribution in [3.63, 3.8) is 0 Å². The lowest BCUT2D eigenvalue weighted by atomic mass is 10.3. The van der Waals surface area contributed by atoms with Crippen LogP contribution < -0.4 is 0 Å². The van der Waals surface area contributed by atoms with E-state index in [4.69, 9.17) is 0 Å². The highest BCUT2D eigenvalue weighted by Crippen LogP contribution is 1.84. The van der Waals surface area contributed by atoms with Gasteiger partial charge in [0, 0.05) is 0 Å². The molecule has 0 bridgehead atoms. The van der Waals surface area contributed by atoms with Crippen molar-refractivity contribution in [3.8, 4) is 0 Å². The molecule has 0 amide bonds. The molecule has 0 fully saturated rings. The molecule has 0 rings (SSSR count). The molecule has 69 valence electrons. The zero-order chi connectivity index (χ0) is 9.78. The average molecular weight is 173 g/mol.